The third-order valence-corrected chi connectivity index (χ3v) is 0. The Kier molecular flexibility index (Phi) is 59.8. The van der Waals surface area contributed by atoms with Crippen LogP contribution in [0.2, 0.25) is 0 Å². The maximum Gasteiger partial charge on any atom is 2.00 e. The number of hydrogen-bond acceptors (Lipinski definition) is 12. The van der Waals surface area contributed by atoms with Crippen LogP contribution in [0, 0.1) is 61.3 Å². The summed E-state index contributed by atoms with van der Waals surface area (Å²) in [7, 11) is 0. The van der Waals surface area contributed by atoms with Crippen molar-refractivity contribution >= 4 is 75.5 Å². The van der Waals surface area contributed by atoms with Crippen LogP contribution < -0.4 is 0 Å². The summed E-state index contributed by atoms with van der Waals surface area (Å²) in [6, 6.07) is 0. The van der Waals surface area contributed by atoms with Crippen molar-refractivity contribution < 1.29 is 20.3 Å². The van der Waals surface area contributed by atoms with Gasteiger partial charge in [-0.3, -0.25) is 0 Å². The van der Waals surface area contributed by atoms with Crippen LogP contribution in [-0.2, 0) is 0 Å². The van der Waals surface area contributed by atoms with E-state index in [-0.39, 0.29) is 75.5 Å². The molecule has 0 bridgehead atoms. The predicted molar refractivity (Wildman–Crippen MR) is 53.0 cm³/mol. The van der Waals surface area contributed by atoms with Gasteiger partial charge in [0.2, 0.25) is 0 Å². The molecule has 0 fully saturated rings. The SMILES string of the molecule is O=[N+]([O-])[O-].O=[N+]([O-])[O-].O=[N+]([O-])[O-].O=[N+]([O-])[O-].[Ca+2].[Ca+2]. The molecule has 18 heteroatoms. The fraction of sp³-hybridized carbons (Fsp3) is 0. The molecule has 16 nitrogen and oxygen atoms in total. The van der Waals surface area contributed by atoms with Crippen LogP contribution in [0.3, 0.4) is 0 Å². The van der Waals surface area contributed by atoms with E-state index in [4.69, 9.17) is 61.3 Å². The van der Waals surface area contributed by atoms with Crippen molar-refractivity contribution in [1.29, 1.82) is 0 Å². The Morgan fingerprint density at radius 2 is 0.389 bits per heavy atom. The summed E-state index contributed by atoms with van der Waals surface area (Å²) in [5.74, 6) is 0. The van der Waals surface area contributed by atoms with Crippen LogP contribution in [-0.4, -0.2) is 95.8 Å². The van der Waals surface area contributed by atoms with Gasteiger partial charge in [0, 0.05) is 0 Å². The van der Waals surface area contributed by atoms with Gasteiger partial charge in [0.25, 0.3) is 0 Å². The molecular weight excluding hydrogens is 328 g/mol. The number of rotatable bonds is 0. The van der Waals surface area contributed by atoms with Gasteiger partial charge in [0.05, 0.1) is 20.3 Å². The second kappa shape index (κ2) is 29.9. The molecule has 0 amide bonds. The van der Waals surface area contributed by atoms with Gasteiger partial charge in [-0.05, 0) is 0 Å². The van der Waals surface area contributed by atoms with E-state index in [9.17, 15) is 0 Å². The molecule has 0 aromatic rings. The zero-order valence-corrected chi connectivity index (χ0v) is 12.5. The second-order valence-electron chi connectivity index (χ2n) is 0.894. The number of nitrogens with zero attached hydrogens (tertiary/aromatic N) is 4. The predicted octanol–water partition coefficient (Wildman–Crippen LogP) is -1.72. The molecule has 0 rings (SSSR count). The van der Waals surface area contributed by atoms with E-state index >= 15 is 0 Å². The zero-order chi connectivity index (χ0) is 14.3. The van der Waals surface area contributed by atoms with Crippen molar-refractivity contribution in [3.63, 3.8) is 0 Å². The Morgan fingerprint density at radius 3 is 0.389 bits per heavy atom. The minimum atomic E-state index is -1.75. The van der Waals surface area contributed by atoms with Crippen LogP contribution >= 0.6 is 0 Å². The summed E-state index contributed by atoms with van der Waals surface area (Å²) in [5.41, 5.74) is 0. The Bertz CT molecular complexity index is 162. The molecule has 0 aliphatic carbocycles. The summed E-state index contributed by atoms with van der Waals surface area (Å²) in [4.78, 5) is 33.0. The first-order valence-electron chi connectivity index (χ1n) is 2.19. The summed E-state index contributed by atoms with van der Waals surface area (Å²) in [5, 5.41) is 59.0. The second-order valence-corrected chi connectivity index (χ2v) is 0.894. The molecule has 0 heterocycles. The molecule has 0 unspecified atom stereocenters. The topological polar surface area (TPSA) is 265 Å². The van der Waals surface area contributed by atoms with E-state index in [2.05, 4.69) is 0 Å². The molecular formula is Ca2N4O12. The quantitative estimate of drug-likeness (QED) is 0.273. The van der Waals surface area contributed by atoms with Crippen molar-refractivity contribution in [3.05, 3.63) is 61.3 Å². The third kappa shape index (κ3) is 6780. The zero-order valence-electron chi connectivity index (χ0n) is 8.10. The monoisotopic (exact) mass is 328 g/mol. The van der Waals surface area contributed by atoms with Gasteiger partial charge in [-0.25, -0.2) is 0 Å². The minimum absolute atomic E-state index is 0. The molecule has 0 atom stereocenters. The van der Waals surface area contributed by atoms with Crippen LogP contribution in [0.1, 0.15) is 0 Å². The smallest absolute Gasteiger partial charge is 0.356 e. The Hall–Kier alpha value is -0.681. The maximum absolute atomic E-state index is 8.25. The number of hydrogen-bond donors (Lipinski definition) is 0. The van der Waals surface area contributed by atoms with Crippen LogP contribution in [0.15, 0.2) is 0 Å². The fourth-order valence-corrected chi connectivity index (χ4v) is 0. The Labute approximate surface area is 155 Å². The van der Waals surface area contributed by atoms with Crippen LogP contribution in [0.5, 0.6) is 0 Å². The van der Waals surface area contributed by atoms with Gasteiger partial charge in [0.1, 0.15) is 0 Å². The fourth-order valence-electron chi connectivity index (χ4n) is 0. The average molecular weight is 328 g/mol. The summed E-state index contributed by atoms with van der Waals surface area (Å²) in [6.45, 7) is 0. The first-order valence-corrected chi connectivity index (χ1v) is 2.19. The standard InChI is InChI=1S/2Ca.4NO3/c;;4*2-1(3)4/q2*+2;4*-1. The maximum atomic E-state index is 8.25. The molecule has 0 aromatic carbocycles. The molecule has 0 radical (unpaired) electrons. The Balaban J connectivity index is -0.0000000257. The molecule has 0 aliphatic heterocycles. The van der Waals surface area contributed by atoms with Gasteiger partial charge in [-0.1, -0.05) is 0 Å². The molecule has 0 spiro atoms. The van der Waals surface area contributed by atoms with Gasteiger partial charge in [-0.2, -0.15) is 0 Å². The van der Waals surface area contributed by atoms with E-state index in [1.54, 1.807) is 0 Å². The van der Waals surface area contributed by atoms with Gasteiger partial charge in [0.15, 0.2) is 0 Å². The van der Waals surface area contributed by atoms with Crippen LogP contribution in [0.25, 0.3) is 0 Å². The first kappa shape index (κ1) is 36.0. The molecule has 0 aromatic heterocycles. The van der Waals surface area contributed by atoms with Crippen molar-refractivity contribution in [2.24, 2.45) is 0 Å². The van der Waals surface area contributed by atoms with Crippen LogP contribution in [0.4, 0.5) is 0 Å². The summed E-state index contributed by atoms with van der Waals surface area (Å²) < 4.78 is 0. The first-order chi connectivity index (χ1) is 6.93. The summed E-state index contributed by atoms with van der Waals surface area (Å²) in [6.07, 6.45) is 0. The largest absolute Gasteiger partial charge is 2.00 e. The van der Waals surface area contributed by atoms with E-state index in [1.165, 1.54) is 0 Å². The van der Waals surface area contributed by atoms with E-state index < -0.39 is 20.3 Å². The van der Waals surface area contributed by atoms with Crippen molar-refractivity contribution in [2.75, 3.05) is 0 Å². The van der Waals surface area contributed by atoms with Gasteiger partial charge in [-0.15, -0.1) is 0 Å². The van der Waals surface area contributed by atoms with Crippen molar-refractivity contribution in [1.82, 2.24) is 0 Å². The van der Waals surface area contributed by atoms with Gasteiger partial charge < -0.3 is 61.3 Å². The van der Waals surface area contributed by atoms with Gasteiger partial charge >= 0.3 is 75.5 Å². The molecule has 18 heavy (non-hydrogen) atoms. The Morgan fingerprint density at radius 1 is 0.389 bits per heavy atom. The van der Waals surface area contributed by atoms with E-state index in [1.807, 2.05) is 0 Å². The van der Waals surface area contributed by atoms with Crippen molar-refractivity contribution in [2.45, 2.75) is 0 Å². The molecule has 0 saturated heterocycles. The third-order valence-electron chi connectivity index (χ3n) is 0. The normalized spacial score (nSPS) is 5.33. The average Bonchev–Trinajstić information content (AvgIpc) is 1.76. The van der Waals surface area contributed by atoms with E-state index in [0.717, 1.165) is 0 Å². The minimum Gasteiger partial charge on any atom is -0.356 e. The summed E-state index contributed by atoms with van der Waals surface area (Å²) >= 11 is 0. The van der Waals surface area contributed by atoms with Crippen molar-refractivity contribution in [3.8, 4) is 0 Å². The molecule has 96 valence electrons. The van der Waals surface area contributed by atoms with E-state index in [0.29, 0.717) is 0 Å². The molecule has 0 aliphatic rings. The molecule has 0 N–H and O–H groups in total. The molecule has 0 saturated carbocycles.